The van der Waals surface area contributed by atoms with Gasteiger partial charge in [-0.05, 0) is 37.1 Å². The smallest absolute Gasteiger partial charge is 0.225 e. The number of nitrogens with zero attached hydrogens (tertiary/aromatic N) is 5. The van der Waals surface area contributed by atoms with Crippen molar-refractivity contribution in [2.24, 2.45) is 4.99 Å². The van der Waals surface area contributed by atoms with E-state index in [-0.39, 0.29) is 29.8 Å². The molecule has 0 radical (unpaired) electrons. The lowest BCUT2D eigenvalue weighted by Crippen LogP contribution is -2.49. The van der Waals surface area contributed by atoms with Gasteiger partial charge >= 0.3 is 0 Å². The first-order valence-corrected chi connectivity index (χ1v) is 10.2. The molecule has 2 N–H and O–H groups in total. The summed E-state index contributed by atoms with van der Waals surface area (Å²) >= 11 is 0. The molecule has 7 nitrogen and oxygen atoms in total. The molecule has 3 rings (SSSR count). The standard InChI is InChI=1S/C21H30FN7.HI/c1-3-23-20(27-16-18-5-6-19(22)17(2)15-18)24-9-10-28-11-13-29(14-12-28)21-25-7-4-8-26-21;/h4-8,15H,3,9-14,16H2,1-2H3,(H2,23,24,27);1H. The predicted molar refractivity (Wildman–Crippen MR) is 130 cm³/mol. The first-order chi connectivity index (χ1) is 14.2. The topological polar surface area (TPSA) is 68.7 Å². The minimum absolute atomic E-state index is 0. The third kappa shape index (κ3) is 7.35. The van der Waals surface area contributed by atoms with Crippen LogP contribution in [0.2, 0.25) is 0 Å². The Morgan fingerprint density at radius 3 is 2.53 bits per heavy atom. The second-order valence-corrected chi connectivity index (χ2v) is 7.08. The minimum Gasteiger partial charge on any atom is -0.357 e. The van der Waals surface area contributed by atoms with E-state index < -0.39 is 0 Å². The maximum atomic E-state index is 13.4. The van der Waals surface area contributed by atoms with Gasteiger partial charge in [0.25, 0.3) is 0 Å². The summed E-state index contributed by atoms with van der Waals surface area (Å²) in [7, 11) is 0. The van der Waals surface area contributed by atoms with Crippen LogP contribution in [0.15, 0.2) is 41.7 Å². The van der Waals surface area contributed by atoms with Gasteiger partial charge in [0.05, 0.1) is 6.54 Å². The zero-order valence-electron chi connectivity index (χ0n) is 17.6. The monoisotopic (exact) mass is 527 g/mol. The second kappa shape index (κ2) is 12.6. The zero-order valence-corrected chi connectivity index (χ0v) is 20.0. The molecule has 1 saturated heterocycles. The van der Waals surface area contributed by atoms with Gasteiger partial charge in [-0.3, -0.25) is 4.90 Å². The maximum absolute atomic E-state index is 13.4. The van der Waals surface area contributed by atoms with E-state index >= 15 is 0 Å². The molecule has 0 unspecified atom stereocenters. The highest BCUT2D eigenvalue weighted by Gasteiger charge is 2.18. The summed E-state index contributed by atoms with van der Waals surface area (Å²) in [6.45, 7) is 10.7. The summed E-state index contributed by atoms with van der Waals surface area (Å²) in [5.41, 5.74) is 1.65. The third-order valence-corrected chi connectivity index (χ3v) is 4.91. The van der Waals surface area contributed by atoms with Gasteiger partial charge in [0.15, 0.2) is 5.96 Å². The Labute approximate surface area is 195 Å². The highest BCUT2D eigenvalue weighted by Crippen LogP contribution is 2.10. The molecule has 0 aliphatic carbocycles. The molecule has 1 aromatic heterocycles. The first kappa shape index (κ1) is 24.3. The van der Waals surface area contributed by atoms with Gasteiger partial charge in [0, 0.05) is 58.2 Å². The van der Waals surface area contributed by atoms with Crippen LogP contribution in [0.25, 0.3) is 0 Å². The van der Waals surface area contributed by atoms with E-state index in [9.17, 15) is 4.39 Å². The molecule has 1 fully saturated rings. The fourth-order valence-corrected chi connectivity index (χ4v) is 3.28. The van der Waals surface area contributed by atoms with Crippen LogP contribution >= 0.6 is 24.0 Å². The van der Waals surface area contributed by atoms with Crippen LogP contribution < -0.4 is 15.5 Å². The Morgan fingerprint density at radius 2 is 1.87 bits per heavy atom. The van der Waals surface area contributed by atoms with Crippen molar-refractivity contribution in [1.29, 1.82) is 0 Å². The van der Waals surface area contributed by atoms with Crippen molar-refractivity contribution in [3.63, 3.8) is 0 Å². The highest BCUT2D eigenvalue weighted by atomic mass is 127. The van der Waals surface area contributed by atoms with E-state index in [1.165, 1.54) is 6.07 Å². The lowest BCUT2D eigenvalue weighted by atomic mass is 10.1. The van der Waals surface area contributed by atoms with Gasteiger partial charge in [0.2, 0.25) is 5.95 Å². The van der Waals surface area contributed by atoms with Crippen LogP contribution in [0.3, 0.4) is 0 Å². The van der Waals surface area contributed by atoms with Crippen LogP contribution in [0.1, 0.15) is 18.1 Å². The SMILES string of the molecule is CCNC(=NCc1ccc(F)c(C)c1)NCCN1CCN(c2ncccn2)CC1.I. The van der Waals surface area contributed by atoms with E-state index in [2.05, 4.69) is 35.4 Å². The molecule has 1 aliphatic rings. The van der Waals surface area contributed by atoms with E-state index in [0.29, 0.717) is 12.1 Å². The lowest BCUT2D eigenvalue weighted by molar-refractivity contribution is 0.260. The minimum atomic E-state index is -0.179. The Balaban J connectivity index is 0.00000320. The summed E-state index contributed by atoms with van der Waals surface area (Å²) in [6.07, 6.45) is 3.57. The van der Waals surface area contributed by atoms with E-state index in [4.69, 9.17) is 0 Å². The van der Waals surface area contributed by atoms with Crippen LogP contribution in [-0.4, -0.2) is 66.6 Å². The van der Waals surface area contributed by atoms with Crippen molar-refractivity contribution in [1.82, 2.24) is 25.5 Å². The van der Waals surface area contributed by atoms with E-state index in [0.717, 1.165) is 63.3 Å². The molecule has 0 spiro atoms. The Hall–Kier alpha value is -2.01. The number of benzene rings is 1. The molecule has 2 heterocycles. The number of piperazine rings is 1. The van der Waals surface area contributed by atoms with Gasteiger partial charge in [-0.1, -0.05) is 12.1 Å². The molecule has 0 bridgehead atoms. The highest BCUT2D eigenvalue weighted by molar-refractivity contribution is 14.0. The molecule has 0 atom stereocenters. The number of aromatic nitrogens is 2. The summed E-state index contributed by atoms with van der Waals surface area (Å²) in [5, 5.41) is 6.66. The number of aliphatic imine (C=N–C) groups is 1. The van der Waals surface area contributed by atoms with E-state index in [1.807, 2.05) is 19.1 Å². The van der Waals surface area contributed by atoms with Crippen molar-refractivity contribution in [3.8, 4) is 0 Å². The summed E-state index contributed by atoms with van der Waals surface area (Å²) < 4.78 is 13.4. The number of rotatable bonds is 7. The molecule has 2 aromatic rings. The molecule has 0 amide bonds. The number of nitrogens with one attached hydrogen (secondary N) is 2. The molecule has 9 heteroatoms. The molecule has 1 aromatic carbocycles. The summed E-state index contributed by atoms with van der Waals surface area (Å²) in [5.74, 6) is 1.41. The van der Waals surface area contributed by atoms with Gasteiger partial charge in [0.1, 0.15) is 5.82 Å². The number of hydrogen-bond donors (Lipinski definition) is 2. The van der Waals surface area contributed by atoms with Gasteiger partial charge in [-0.2, -0.15) is 0 Å². The average molecular weight is 527 g/mol. The van der Waals surface area contributed by atoms with Crippen LogP contribution in [-0.2, 0) is 6.54 Å². The second-order valence-electron chi connectivity index (χ2n) is 7.08. The number of guanidine groups is 1. The van der Waals surface area contributed by atoms with Crippen molar-refractivity contribution < 1.29 is 4.39 Å². The molecule has 164 valence electrons. The summed E-state index contributed by atoms with van der Waals surface area (Å²) in [6, 6.07) is 6.97. The third-order valence-electron chi connectivity index (χ3n) is 4.91. The Bertz CT molecular complexity index is 795. The Kier molecular flexibility index (Phi) is 10.2. The molecular weight excluding hydrogens is 496 g/mol. The molecular formula is C21H31FIN7. The normalized spacial score (nSPS) is 14.9. The number of aryl methyl sites for hydroxylation is 1. The Morgan fingerprint density at radius 1 is 1.13 bits per heavy atom. The first-order valence-electron chi connectivity index (χ1n) is 10.2. The van der Waals surface area contributed by atoms with Crippen molar-refractivity contribution in [2.75, 3.05) is 50.7 Å². The van der Waals surface area contributed by atoms with Crippen LogP contribution in [0.5, 0.6) is 0 Å². The fourth-order valence-electron chi connectivity index (χ4n) is 3.28. The van der Waals surface area contributed by atoms with E-state index in [1.54, 1.807) is 25.4 Å². The number of anilines is 1. The predicted octanol–water partition coefficient (Wildman–Crippen LogP) is 2.42. The largest absolute Gasteiger partial charge is 0.357 e. The number of hydrogen-bond acceptors (Lipinski definition) is 5. The van der Waals surface area contributed by atoms with Gasteiger partial charge < -0.3 is 15.5 Å². The van der Waals surface area contributed by atoms with Crippen LogP contribution in [0.4, 0.5) is 10.3 Å². The van der Waals surface area contributed by atoms with Crippen molar-refractivity contribution in [3.05, 3.63) is 53.6 Å². The zero-order chi connectivity index (χ0) is 20.5. The van der Waals surface area contributed by atoms with Gasteiger partial charge in [-0.15, -0.1) is 24.0 Å². The quantitative estimate of drug-likeness (QED) is 0.328. The fraction of sp³-hybridized carbons (Fsp3) is 0.476. The van der Waals surface area contributed by atoms with Crippen LogP contribution in [0, 0.1) is 12.7 Å². The maximum Gasteiger partial charge on any atom is 0.225 e. The average Bonchev–Trinajstić information content (AvgIpc) is 2.75. The van der Waals surface area contributed by atoms with Gasteiger partial charge in [-0.25, -0.2) is 19.4 Å². The molecule has 0 saturated carbocycles. The molecule has 30 heavy (non-hydrogen) atoms. The van der Waals surface area contributed by atoms with Crippen molar-refractivity contribution >= 4 is 35.9 Å². The van der Waals surface area contributed by atoms with Crippen molar-refractivity contribution in [2.45, 2.75) is 20.4 Å². The number of halogens is 2. The summed E-state index contributed by atoms with van der Waals surface area (Å²) in [4.78, 5) is 17.9. The molecule has 1 aliphatic heterocycles. The lowest BCUT2D eigenvalue weighted by Gasteiger charge is -2.34.